The molecule has 30 heavy (non-hydrogen) atoms. The normalized spacial score (nSPS) is 15.2. The zero-order valence-electron chi connectivity index (χ0n) is 16.1. The zero-order chi connectivity index (χ0) is 21.1. The molecule has 156 valence electrons. The lowest BCUT2D eigenvalue weighted by Gasteiger charge is -2.32. The van der Waals surface area contributed by atoms with Gasteiger partial charge in [0.25, 0.3) is 15.9 Å². The number of sulfonamides is 1. The van der Waals surface area contributed by atoms with Crippen molar-refractivity contribution >= 4 is 33.2 Å². The number of anilines is 1. The Balaban J connectivity index is 1.48. The summed E-state index contributed by atoms with van der Waals surface area (Å²) in [7, 11) is -3.88. The molecule has 0 spiro atoms. The minimum atomic E-state index is -3.88. The van der Waals surface area contributed by atoms with Gasteiger partial charge in [-0.25, -0.2) is 13.4 Å². The fourth-order valence-electron chi connectivity index (χ4n) is 3.58. The van der Waals surface area contributed by atoms with Crippen molar-refractivity contribution in [2.75, 3.05) is 17.8 Å². The number of nitrogens with one attached hydrogen (secondary N) is 1. The number of benzene rings is 2. The fraction of sp³-hybridized carbons (Fsp3) is 0.238. The van der Waals surface area contributed by atoms with Gasteiger partial charge >= 0.3 is 0 Å². The van der Waals surface area contributed by atoms with Crippen LogP contribution in [-0.4, -0.2) is 41.9 Å². The summed E-state index contributed by atoms with van der Waals surface area (Å²) in [5.41, 5.74) is 0.635. The molecule has 0 bridgehead atoms. The van der Waals surface area contributed by atoms with Crippen LogP contribution < -0.4 is 4.72 Å². The summed E-state index contributed by atoms with van der Waals surface area (Å²) >= 11 is 6.06. The van der Waals surface area contributed by atoms with Gasteiger partial charge in [-0.1, -0.05) is 29.8 Å². The average molecular weight is 445 g/mol. The van der Waals surface area contributed by atoms with E-state index in [1.165, 1.54) is 12.1 Å². The van der Waals surface area contributed by atoms with E-state index in [-0.39, 0.29) is 16.5 Å². The molecule has 7 nitrogen and oxygen atoms in total. The second-order valence-corrected chi connectivity index (χ2v) is 9.24. The van der Waals surface area contributed by atoms with E-state index in [1.54, 1.807) is 53.8 Å². The van der Waals surface area contributed by atoms with E-state index in [0.29, 0.717) is 29.7 Å². The lowest BCUT2D eigenvalue weighted by molar-refractivity contribution is 0.0694. The van der Waals surface area contributed by atoms with Crippen LogP contribution in [0.5, 0.6) is 0 Å². The molecule has 9 heteroatoms. The molecule has 0 saturated carbocycles. The van der Waals surface area contributed by atoms with E-state index in [1.807, 2.05) is 6.20 Å². The van der Waals surface area contributed by atoms with Crippen LogP contribution in [0.25, 0.3) is 0 Å². The van der Waals surface area contributed by atoms with Crippen LogP contribution >= 0.6 is 11.6 Å². The number of likely N-dealkylation sites (tertiary alicyclic amines) is 1. The van der Waals surface area contributed by atoms with E-state index in [9.17, 15) is 13.2 Å². The fourth-order valence-corrected chi connectivity index (χ4v) is 4.94. The Morgan fingerprint density at radius 2 is 1.87 bits per heavy atom. The molecular formula is C21H21ClN4O3S. The summed E-state index contributed by atoms with van der Waals surface area (Å²) < 4.78 is 30.1. The molecule has 0 radical (unpaired) electrons. The van der Waals surface area contributed by atoms with Gasteiger partial charge < -0.3 is 9.47 Å². The number of carbonyl (C=O) groups is 1. The standard InChI is InChI=1S/C21H21ClN4O3S/c22-19-6-1-2-7-20(19)24-30(28,29)18-5-3-4-16(14-18)21(27)25-11-8-17(9-12-25)26-13-10-23-15-26/h1-7,10,13-15,17,24H,8-9,11-12H2. The van der Waals surface area contributed by atoms with E-state index in [4.69, 9.17) is 11.6 Å². The van der Waals surface area contributed by atoms with Gasteiger partial charge in [0.1, 0.15) is 0 Å². The van der Waals surface area contributed by atoms with Crippen molar-refractivity contribution in [3.63, 3.8) is 0 Å². The van der Waals surface area contributed by atoms with Crippen LogP contribution in [0.15, 0.2) is 72.1 Å². The number of amides is 1. The molecule has 3 aromatic rings. The lowest BCUT2D eigenvalue weighted by atomic mass is 10.0. The van der Waals surface area contributed by atoms with E-state index >= 15 is 0 Å². The van der Waals surface area contributed by atoms with Crippen molar-refractivity contribution in [2.45, 2.75) is 23.8 Å². The van der Waals surface area contributed by atoms with Gasteiger partial charge in [-0.15, -0.1) is 0 Å². The number of rotatable bonds is 5. The quantitative estimate of drug-likeness (QED) is 0.648. The Morgan fingerprint density at radius 3 is 2.57 bits per heavy atom. The lowest BCUT2D eigenvalue weighted by Crippen LogP contribution is -2.39. The average Bonchev–Trinajstić information content (AvgIpc) is 3.30. The van der Waals surface area contributed by atoms with Gasteiger partial charge in [0.15, 0.2) is 0 Å². The van der Waals surface area contributed by atoms with Crippen molar-refractivity contribution in [1.29, 1.82) is 0 Å². The van der Waals surface area contributed by atoms with Gasteiger partial charge in [0.2, 0.25) is 0 Å². The van der Waals surface area contributed by atoms with Crippen molar-refractivity contribution in [3.05, 3.63) is 77.8 Å². The summed E-state index contributed by atoms with van der Waals surface area (Å²) in [6.07, 6.45) is 7.13. The minimum absolute atomic E-state index is 0.0153. The summed E-state index contributed by atoms with van der Waals surface area (Å²) in [6.45, 7) is 1.22. The topological polar surface area (TPSA) is 84.3 Å². The Hall–Kier alpha value is -2.84. The number of carbonyl (C=O) groups excluding carboxylic acids is 1. The third-order valence-corrected chi connectivity index (χ3v) is 6.90. The number of hydrogen-bond acceptors (Lipinski definition) is 4. The van der Waals surface area contributed by atoms with Crippen LogP contribution in [0, 0.1) is 0 Å². The molecule has 1 aliphatic rings. The maximum Gasteiger partial charge on any atom is 0.261 e. The number of para-hydroxylation sites is 1. The second-order valence-electron chi connectivity index (χ2n) is 7.15. The van der Waals surface area contributed by atoms with E-state index in [2.05, 4.69) is 14.3 Å². The molecule has 1 aliphatic heterocycles. The highest BCUT2D eigenvalue weighted by Gasteiger charge is 2.25. The Labute approximate surface area is 180 Å². The molecule has 1 saturated heterocycles. The number of piperidine rings is 1. The number of aromatic nitrogens is 2. The zero-order valence-corrected chi connectivity index (χ0v) is 17.7. The SMILES string of the molecule is O=C(c1cccc(S(=O)(=O)Nc2ccccc2Cl)c1)N1CCC(n2ccnc2)CC1. The summed E-state index contributed by atoms with van der Waals surface area (Å²) in [6, 6.07) is 13.0. The van der Waals surface area contributed by atoms with Gasteiger partial charge in [0, 0.05) is 37.1 Å². The summed E-state index contributed by atoms with van der Waals surface area (Å²) in [4.78, 5) is 18.8. The first-order chi connectivity index (χ1) is 14.4. The molecule has 1 N–H and O–H groups in total. The van der Waals surface area contributed by atoms with E-state index in [0.717, 1.165) is 12.8 Å². The van der Waals surface area contributed by atoms with Gasteiger partial charge in [-0.2, -0.15) is 0 Å². The van der Waals surface area contributed by atoms with Crippen molar-refractivity contribution in [2.24, 2.45) is 0 Å². The largest absolute Gasteiger partial charge is 0.338 e. The predicted molar refractivity (Wildman–Crippen MR) is 115 cm³/mol. The molecule has 2 heterocycles. The second kappa shape index (κ2) is 8.49. The van der Waals surface area contributed by atoms with Gasteiger partial charge in [0.05, 0.1) is 21.9 Å². The molecule has 1 fully saturated rings. The molecule has 4 rings (SSSR count). The Bertz CT molecular complexity index is 1140. The summed E-state index contributed by atoms with van der Waals surface area (Å²) in [5, 5.41) is 0.300. The molecule has 1 aromatic heterocycles. The van der Waals surface area contributed by atoms with Crippen LogP contribution in [0.2, 0.25) is 5.02 Å². The van der Waals surface area contributed by atoms with Crippen LogP contribution in [0.3, 0.4) is 0 Å². The molecule has 0 aliphatic carbocycles. The van der Waals surface area contributed by atoms with Crippen LogP contribution in [0.1, 0.15) is 29.2 Å². The molecular weight excluding hydrogens is 424 g/mol. The first-order valence-electron chi connectivity index (χ1n) is 9.58. The monoisotopic (exact) mass is 444 g/mol. The highest BCUT2D eigenvalue weighted by Crippen LogP contribution is 2.26. The molecule has 0 unspecified atom stereocenters. The number of hydrogen-bond donors (Lipinski definition) is 1. The molecule has 0 atom stereocenters. The maximum absolute atomic E-state index is 13.0. The highest BCUT2D eigenvalue weighted by molar-refractivity contribution is 7.92. The number of imidazole rings is 1. The smallest absolute Gasteiger partial charge is 0.261 e. The van der Waals surface area contributed by atoms with Crippen LogP contribution in [-0.2, 0) is 10.0 Å². The van der Waals surface area contributed by atoms with Crippen molar-refractivity contribution in [1.82, 2.24) is 14.5 Å². The van der Waals surface area contributed by atoms with Crippen LogP contribution in [0.4, 0.5) is 5.69 Å². The Morgan fingerprint density at radius 1 is 1.10 bits per heavy atom. The van der Waals surface area contributed by atoms with Gasteiger partial charge in [-0.3, -0.25) is 9.52 Å². The summed E-state index contributed by atoms with van der Waals surface area (Å²) in [5.74, 6) is -0.172. The van der Waals surface area contributed by atoms with E-state index < -0.39 is 10.0 Å². The maximum atomic E-state index is 13.0. The van der Waals surface area contributed by atoms with Crippen molar-refractivity contribution in [3.8, 4) is 0 Å². The number of halogens is 1. The molecule has 1 amide bonds. The van der Waals surface area contributed by atoms with Crippen molar-refractivity contribution < 1.29 is 13.2 Å². The Kier molecular flexibility index (Phi) is 5.78. The third kappa shape index (κ3) is 4.34. The third-order valence-electron chi connectivity index (χ3n) is 5.21. The van der Waals surface area contributed by atoms with Gasteiger partial charge in [-0.05, 0) is 43.2 Å². The highest BCUT2D eigenvalue weighted by atomic mass is 35.5. The first-order valence-corrected chi connectivity index (χ1v) is 11.4. The predicted octanol–water partition coefficient (Wildman–Crippen LogP) is 3.81. The molecule has 2 aromatic carbocycles. The first kappa shape index (κ1) is 20.4. The minimum Gasteiger partial charge on any atom is -0.338 e. The number of nitrogens with zero attached hydrogens (tertiary/aromatic N) is 3.